The van der Waals surface area contributed by atoms with Crippen molar-refractivity contribution in [1.29, 1.82) is 0 Å². The first-order valence-corrected chi connectivity index (χ1v) is 4.91. The highest BCUT2D eigenvalue weighted by molar-refractivity contribution is 9.09. The molecule has 1 rings (SSSR count). The van der Waals surface area contributed by atoms with Crippen molar-refractivity contribution in [3.05, 3.63) is 18.0 Å². The van der Waals surface area contributed by atoms with Gasteiger partial charge in [0.2, 0.25) is 0 Å². The minimum Gasteiger partial charge on any atom is -0.259 e. The van der Waals surface area contributed by atoms with Gasteiger partial charge in [-0.1, -0.05) is 15.9 Å². The first kappa shape index (κ1) is 9.07. The summed E-state index contributed by atoms with van der Waals surface area (Å²) < 4.78 is 1.87. The van der Waals surface area contributed by atoms with Crippen LogP contribution in [-0.2, 0) is 0 Å². The first-order chi connectivity index (χ1) is 5.24. The number of halogens is 2. The van der Waals surface area contributed by atoms with Crippen LogP contribution in [0.5, 0.6) is 0 Å². The van der Waals surface area contributed by atoms with Gasteiger partial charge in [-0.05, 0) is 19.4 Å². The molecule has 0 aliphatic heterocycles. The fourth-order valence-electron chi connectivity index (χ4n) is 0.811. The van der Waals surface area contributed by atoms with Crippen LogP contribution in [-0.4, -0.2) is 15.7 Å². The number of aryl methyl sites for hydroxylation is 1. The van der Waals surface area contributed by atoms with E-state index >= 15 is 0 Å². The van der Waals surface area contributed by atoms with Crippen molar-refractivity contribution in [1.82, 2.24) is 9.78 Å². The van der Waals surface area contributed by atoms with E-state index in [2.05, 4.69) is 21.0 Å². The molecular formula is C7H10BrClN2. The van der Waals surface area contributed by atoms with Crippen molar-refractivity contribution in [2.45, 2.75) is 18.3 Å². The van der Waals surface area contributed by atoms with Crippen LogP contribution in [0, 0.1) is 6.92 Å². The molecule has 0 spiro atoms. The molecule has 0 aliphatic rings. The van der Waals surface area contributed by atoms with Crippen LogP contribution in [0.2, 0.25) is 0 Å². The van der Waals surface area contributed by atoms with Gasteiger partial charge in [0, 0.05) is 12.1 Å². The van der Waals surface area contributed by atoms with Gasteiger partial charge < -0.3 is 0 Å². The largest absolute Gasteiger partial charge is 0.259 e. The number of nitrogens with zero attached hydrogens (tertiary/aromatic N) is 2. The number of hydrogen-bond donors (Lipinski definition) is 0. The van der Waals surface area contributed by atoms with E-state index in [0.29, 0.717) is 5.88 Å². The van der Waals surface area contributed by atoms with Gasteiger partial charge in [0.15, 0.2) is 0 Å². The third-order valence-electron chi connectivity index (χ3n) is 1.38. The fraction of sp³-hybridized carbons (Fsp3) is 0.571. The second-order valence-corrected chi connectivity index (χ2v) is 3.78. The van der Waals surface area contributed by atoms with Crippen LogP contribution in [0.4, 0.5) is 0 Å². The Morgan fingerprint density at radius 2 is 2.55 bits per heavy atom. The summed E-state index contributed by atoms with van der Waals surface area (Å²) in [6.45, 7) is 1.97. The minimum atomic E-state index is 0.230. The Balaban J connectivity index is 2.60. The van der Waals surface area contributed by atoms with Crippen molar-refractivity contribution >= 4 is 27.5 Å². The SMILES string of the molecule is Cc1ccn(C(Br)CCCl)n1. The van der Waals surface area contributed by atoms with Crippen molar-refractivity contribution in [3.63, 3.8) is 0 Å². The average molecular weight is 238 g/mol. The summed E-state index contributed by atoms with van der Waals surface area (Å²) >= 11 is 9.06. The first-order valence-electron chi connectivity index (χ1n) is 3.46. The summed E-state index contributed by atoms with van der Waals surface area (Å²) in [6.07, 6.45) is 2.84. The lowest BCUT2D eigenvalue weighted by Crippen LogP contribution is -2.03. The van der Waals surface area contributed by atoms with Gasteiger partial charge in [0.1, 0.15) is 4.95 Å². The Labute approximate surface area is 79.7 Å². The molecule has 0 aliphatic carbocycles. The molecule has 0 N–H and O–H groups in total. The van der Waals surface area contributed by atoms with Gasteiger partial charge in [0.05, 0.1) is 5.69 Å². The van der Waals surface area contributed by atoms with Crippen molar-refractivity contribution in [2.24, 2.45) is 0 Å². The topological polar surface area (TPSA) is 17.8 Å². The molecule has 1 heterocycles. The minimum absolute atomic E-state index is 0.230. The van der Waals surface area contributed by atoms with Gasteiger partial charge in [0.25, 0.3) is 0 Å². The second kappa shape index (κ2) is 4.12. The molecule has 0 saturated heterocycles. The zero-order chi connectivity index (χ0) is 8.27. The van der Waals surface area contributed by atoms with Gasteiger partial charge in [-0.2, -0.15) is 5.10 Å². The van der Waals surface area contributed by atoms with E-state index in [1.165, 1.54) is 0 Å². The zero-order valence-corrected chi connectivity index (χ0v) is 8.64. The van der Waals surface area contributed by atoms with E-state index < -0.39 is 0 Å². The molecular weight excluding hydrogens is 227 g/mol. The van der Waals surface area contributed by atoms with Crippen molar-refractivity contribution in [2.75, 3.05) is 5.88 Å². The van der Waals surface area contributed by atoms with E-state index in [-0.39, 0.29) is 4.95 Å². The molecule has 0 fully saturated rings. The second-order valence-electron chi connectivity index (χ2n) is 2.35. The number of alkyl halides is 2. The maximum absolute atomic E-state index is 5.58. The standard InChI is InChI=1S/C7H10BrClN2/c1-6-3-5-11(10-6)7(8)2-4-9/h3,5,7H,2,4H2,1H3. The summed E-state index contributed by atoms with van der Waals surface area (Å²) in [5.74, 6) is 0.648. The molecule has 0 bridgehead atoms. The van der Waals surface area contributed by atoms with Gasteiger partial charge >= 0.3 is 0 Å². The maximum Gasteiger partial charge on any atom is 0.108 e. The Morgan fingerprint density at radius 3 is 3.00 bits per heavy atom. The molecule has 0 radical (unpaired) electrons. The molecule has 0 amide bonds. The monoisotopic (exact) mass is 236 g/mol. The summed E-state index contributed by atoms with van der Waals surface area (Å²) in [5.41, 5.74) is 1.03. The third-order valence-corrected chi connectivity index (χ3v) is 2.47. The van der Waals surface area contributed by atoms with E-state index in [4.69, 9.17) is 11.6 Å². The highest BCUT2D eigenvalue weighted by Gasteiger charge is 2.05. The summed E-state index contributed by atoms with van der Waals surface area (Å²) in [7, 11) is 0. The fourth-order valence-corrected chi connectivity index (χ4v) is 1.74. The Hall–Kier alpha value is -0.0200. The highest BCUT2D eigenvalue weighted by atomic mass is 79.9. The molecule has 1 unspecified atom stereocenters. The molecule has 1 aromatic rings. The molecule has 1 aromatic heterocycles. The maximum atomic E-state index is 5.58. The summed E-state index contributed by atoms with van der Waals surface area (Å²) in [6, 6.07) is 1.97. The smallest absolute Gasteiger partial charge is 0.108 e. The van der Waals surface area contributed by atoms with E-state index in [9.17, 15) is 0 Å². The van der Waals surface area contributed by atoms with E-state index in [1.807, 2.05) is 23.9 Å². The lowest BCUT2D eigenvalue weighted by atomic mass is 10.5. The van der Waals surface area contributed by atoms with Crippen molar-refractivity contribution < 1.29 is 0 Å². The average Bonchev–Trinajstić information content (AvgIpc) is 2.36. The number of hydrogen-bond acceptors (Lipinski definition) is 1. The van der Waals surface area contributed by atoms with Gasteiger partial charge in [-0.3, -0.25) is 4.68 Å². The van der Waals surface area contributed by atoms with Crippen LogP contribution < -0.4 is 0 Å². The molecule has 1 atom stereocenters. The molecule has 4 heteroatoms. The zero-order valence-electron chi connectivity index (χ0n) is 6.30. The molecule has 0 aromatic carbocycles. The quantitative estimate of drug-likeness (QED) is 0.739. The highest BCUT2D eigenvalue weighted by Crippen LogP contribution is 2.18. The van der Waals surface area contributed by atoms with Crippen molar-refractivity contribution in [3.8, 4) is 0 Å². The lowest BCUT2D eigenvalue weighted by Gasteiger charge is -2.06. The Bertz CT molecular complexity index is 224. The normalized spacial score (nSPS) is 13.4. The third kappa shape index (κ3) is 2.49. The van der Waals surface area contributed by atoms with E-state index in [0.717, 1.165) is 12.1 Å². The molecule has 2 nitrogen and oxygen atoms in total. The summed E-state index contributed by atoms with van der Waals surface area (Å²) in [4.78, 5) is 0.230. The van der Waals surface area contributed by atoms with Gasteiger partial charge in [-0.15, -0.1) is 11.6 Å². The Kier molecular flexibility index (Phi) is 3.40. The van der Waals surface area contributed by atoms with Crippen LogP contribution >= 0.6 is 27.5 Å². The predicted molar refractivity (Wildman–Crippen MR) is 50.3 cm³/mol. The van der Waals surface area contributed by atoms with Crippen LogP contribution in [0.3, 0.4) is 0 Å². The molecule has 0 saturated carbocycles. The Morgan fingerprint density at radius 1 is 1.82 bits per heavy atom. The van der Waals surface area contributed by atoms with Crippen LogP contribution in [0.15, 0.2) is 12.3 Å². The number of aromatic nitrogens is 2. The number of rotatable bonds is 3. The molecule has 11 heavy (non-hydrogen) atoms. The van der Waals surface area contributed by atoms with E-state index in [1.54, 1.807) is 0 Å². The lowest BCUT2D eigenvalue weighted by molar-refractivity contribution is 0.593. The predicted octanol–water partition coefficient (Wildman–Crippen LogP) is 2.71. The summed E-state index contributed by atoms with van der Waals surface area (Å²) in [5, 5.41) is 4.24. The van der Waals surface area contributed by atoms with Crippen LogP contribution in [0.25, 0.3) is 0 Å². The molecule has 62 valence electrons. The van der Waals surface area contributed by atoms with Gasteiger partial charge in [-0.25, -0.2) is 0 Å². The van der Waals surface area contributed by atoms with Crippen LogP contribution in [0.1, 0.15) is 17.1 Å².